The van der Waals surface area contributed by atoms with Crippen LogP contribution in [-0.2, 0) is 4.74 Å². The fourth-order valence-corrected chi connectivity index (χ4v) is 3.87. The van der Waals surface area contributed by atoms with Crippen molar-refractivity contribution in [3.8, 4) is 22.6 Å². The van der Waals surface area contributed by atoms with Crippen LogP contribution in [0.3, 0.4) is 0 Å². The molecular formula is C23H24N6O. The van der Waals surface area contributed by atoms with Gasteiger partial charge in [-0.1, -0.05) is 36.4 Å². The van der Waals surface area contributed by atoms with Crippen LogP contribution in [0.2, 0.25) is 0 Å². The Labute approximate surface area is 174 Å². The zero-order valence-electron chi connectivity index (χ0n) is 16.9. The van der Waals surface area contributed by atoms with Gasteiger partial charge in [-0.2, -0.15) is 5.10 Å². The first-order chi connectivity index (χ1) is 14.7. The zero-order chi connectivity index (χ0) is 20.5. The molecule has 0 spiro atoms. The average Bonchev–Trinajstić information content (AvgIpc) is 3.19. The molecule has 7 nitrogen and oxygen atoms in total. The summed E-state index contributed by atoms with van der Waals surface area (Å²) >= 11 is 0. The number of nitrogens with zero attached hydrogens (tertiary/aromatic N) is 3. The van der Waals surface area contributed by atoms with Crippen molar-refractivity contribution in [1.29, 1.82) is 0 Å². The molecule has 4 aromatic rings. The first-order valence-electron chi connectivity index (χ1n) is 10.2. The Bertz CT molecular complexity index is 1200. The fraction of sp³-hybridized carbons (Fsp3) is 0.261. The maximum atomic E-state index is 6.45. The van der Waals surface area contributed by atoms with E-state index >= 15 is 0 Å². The molecule has 0 aliphatic carbocycles. The molecule has 5 rings (SSSR count). The van der Waals surface area contributed by atoms with E-state index in [4.69, 9.17) is 15.5 Å². The van der Waals surface area contributed by atoms with Crippen molar-refractivity contribution in [2.45, 2.75) is 25.8 Å². The number of hydrogen-bond acceptors (Lipinski definition) is 6. The van der Waals surface area contributed by atoms with Crippen molar-refractivity contribution in [2.75, 3.05) is 24.3 Å². The molecule has 1 aliphatic rings. The van der Waals surface area contributed by atoms with E-state index in [1.54, 1.807) is 0 Å². The molecule has 1 aliphatic heterocycles. The summed E-state index contributed by atoms with van der Waals surface area (Å²) in [5.41, 5.74) is 9.81. The lowest BCUT2D eigenvalue weighted by Crippen LogP contribution is -2.28. The standard InChI is InChI=1S/C23H24N6O/c1-14-12-19(29-28-14)20-21(24)26-22(27-23(20)25-18-8-10-30-11-9-18)17-7-6-15-4-2-3-5-16(15)13-17/h2-7,12-13,18H,8-11H2,1H3,(H,28,29)(H3,24,25,26,27). The van der Waals surface area contributed by atoms with Crippen LogP contribution in [-0.4, -0.2) is 39.4 Å². The molecule has 2 aromatic heterocycles. The molecule has 0 bridgehead atoms. The van der Waals surface area contributed by atoms with Crippen molar-refractivity contribution < 1.29 is 4.74 Å². The van der Waals surface area contributed by atoms with Crippen LogP contribution in [0.25, 0.3) is 33.4 Å². The molecule has 0 atom stereocenters. The van der Waals surface area contributed by atoms with E-state index in [9.17, 15) is 0 Å². The Hall–Kier alpha value is -3.45. The maximum absolute atomic E-state index is 6.45. The van der Waals surface area contributed by atoms with Gasteiger partial charge in [-0.3, -0.25) is 5.10 Å². The molecule has 30 heavy (non-hydrogen) atoms. The number of hydrogen-bond donors (Lipinski definition) is 3. The van der Waals surface area contributed by atoms with Crippen LogP contribution in [0, 0.1) is 6.92 Å². The molecular weight excluding hydrogens is 376 g/mol. The number of nitrogens with one attached hydrogen (secondary N) is 2. The van der Waals surface area contributed by atoms with Crippen molar-refractivity contribution in [3.05, 3.63) is 54.2 Å². The van der Waals surface area contributed by atoms with Gasteiger partial charge in [0.15, 0.2) is 5.82 Å². The molecule has 152 valence electrons. The smallest absolute Gasteiger partial charge is 0.163 e. The minimum atomic E-state index is 0.274. The number of aromatic amines is 1. The van der Waals surface area contributed by atoms with Crippen LogP contribution in [0.1, 0.15) is 18.5 Å². The van der Waals surface area contributed by atoms with Gasteiger partial charge in [0, 0.05) is 30.5 Å². The first kappa shape index (κ1) is 18.6. The van der Waals surface area contributed by atoms with Gasteiger partial charge in [0.1, 0.15) is 11.6 Å². The number of nitrogens with two attached hydrogens (primary N) is 1. The lowest BCUT2D eigenvalue weighted by atomic mass is 10.1. The summed E-state index contributed by atoms with van der Waals surface area (Å²) in [5.74, 6) is 1.72. The van der Waals surface area contributed by atoms with Gasteiger partial charge >= 0.3 is 0 Å². The van der Waals surface area contributed by atoms with Crippen molar-refractivity contribution >= 4 is 22.4 Å². The Morgan fingerprint density at radius 1 is 1.03 bits per heavy atom. The molecule has 1 saturated heterocycles. The van der Waals surface area contributed by atoms with Crippen LogP contribution in [0.15, 0.2) is 48.5 Å². The lowest BCUT2D eigenvalue weighted by Gasteiger charge is -2.25. The third kappa shape index (κ3) is 3.59. The van der Waals surface area contributed by atoms with Crippen molar-refractivity contribution in [2.24, 2.45) is 0 Å². The van der Waals surface area contributed by atoms with Crippen LogP contribution in [0.4, 0.5) is 11.6 Å². The number of aromatic nitrogens is 4. The Balaban J connectivity index is 1.61. The van der Waals surface area contributed by atoms with Gasteiger partial charge in [0.2, 0.25) is 0 Å². The Morgan fingerprint density at radius 2 is 1.83 bits per heavy atom. The molecule has 2 aromatic carbocycles. The van der Waals surface area contributed by atoms with Crippen LogP contribution < -0.4 is 11.1 Å². The van der Waals surface area contributed by atoms with Gasteiger partial charge in [-0.25, -0.2) is 9.97 Å². The second-order valence-electron chi connectivity index (χ2n) is 7.69. The highest BCUT2D eigenvalue weighted by atomic mass is 16.5. The van der Waals surface area contributed by atoms with E-state index < -0.39 is 0 Å². The molecule has 0 saturated carbocycles. The summed E-state index contributed by atoms with van der Waals surface area (Å²) in [6.45, 7) is 3.45. The van der Waals surface area contributed by atoms with Gasteiger partial charge < -0.3 is 15.8 Å². The highest BCUT2D eigenvalue weighted by molar-refractivity contribution is 5.88. The number of anilines is 2. The average molecular weight is 400 g/mol. The minimum Gasteiger partial charge on any atom is -0.383 e. The van der Waals surface area contributed by atoms with E-state index in [1.165, 1.54) is 5.39 Å². The van der Waals surface area contributed by atoms with E-state index in [0.29, 0.717) is 17.5 Å². The van der Waals surface area contributed by atoms with Crippen LogP contribution in [0.5, 0.6) is 0 Å². The predicted octanol–water partition coefficient (Wildman–Crippen LogP) is 4.17. The number of nitrogen functional groups attached to an aromatic ring is 1. The lowest BCUT2D eigenvalue weighted by molar-refractivity contribution is 0.0904. The van der Waals surface area contributed by atoms with Crippen LogP contribution >= 0.6 is 0 Å². The number of rotatable bonds is 4. The molecule has 1 fully saturated rings. The number of ether oxygens (including phenoxy) is 1. The summed E-state index contributed by atoms with van der Waals surface area (Å²) < 4.78 is 5.50. The quantitative estimate of drug-likeness (QED) is 0.475. The highest BCUT2D eigenvalue weighted by Gasteiger charge is 2.21. The zero-order valence-corrected chi connectivity index (χ0v) is 16.9. The summed E-state index contributed by atoms with van der Waals surface area (Å²) in [6, 6.07) is 16.7. The molecule has 7 heteroatoms. The summed E-state index contributed by atoms with van der Waals surface area (Å²) in [7, 11) is 0. The number of aryl methyl sites for hydroxylation is 1. The topological polar surface area (TPSA) is 102 Å². The normalized spacial score (nSPS) is 14.8. The van der Waals surface area contributed by atoms with Gasteiger partial charge in [0.25, 0.3) is 0 Å². The van der Waals surface area contributed by atoms with Crippen molar-refractivity contribution in [1.82, 2.24) is 20.2 Å². The van der Waals surface area contributed by atoms with E-state index in [2.05, 4.69) is 44.8 Å². The third-order valence-corrected chi connectivity index (χ3v) is 5.47. The molecule has 0 radical (unpaired) electrons. The fourth-order valence-electron chi connectivity index (χ4n) is 3.87. The van der Waals surface area contributed by atoms with E-state index in [-0.39, 0.29) is 6.04 Å². The second kappa shape index (κ2) is 7.76. The number of benzene rings is 2. The maximum Gasteiger partial charge on any atom is 0.163 e. The Morgan fingerprint density at radius 3 is 2.60 bits per heavy atom. The monoisotopic (exact) mass is 400 g/mol. The molecule has 4 N–H and O–H groups in total. The largest absolute Gasteiger partial charge is 0.383 e. The first-order valence-corrected chi connectivity index (χ1v) is 10.2. The van der Waals surface area contributed by atoms with Gasteiger partial charge in [0.05, 0.1) is 11.3 Å². The third-order valence-electron chi connectivity index (χ3n) is 5.47. The number of fused-ring (bicyclic) bond motifs is 1. The van der Waals surface area contributed by atoms with E-state index in [0.717, 1.165) is 54.0 Å². The molecule has 3 heterocycles. The number of H-pyrrole nitrogens is 1. The Kier molecular flexibility index (Phi) is 4.80. The van der Waals surface area contributed by atoms with Crippen molar-refractivity contribution in [3.63, 3.8) is 0 Å². The minimum absolute atomic E-state index is 0.274. The SMILES string of the molecule is Cc1cc(-c2c(N)nc(-c3ccc4ccccc4c3)nc2NC2CCOCC2)n[nH]1. The molecule has 0 amide bonds. The van der Waals surface area contributed by atoms with Gasteiger partial charge in [-0.05, 0) is 42.7 Å². The second-order valence-corrected chi connectivity index (χ2v) is 7.69. The summed E-state index contributed by atoms with van der Waals surface area (Å²) in [5, 5.41) is 13.3. The molecule has 0 unspecified atom stereocenters. The highest BCUT2D eigenvalue weighted by Crippen LogP contribution is 2.34. The van der Waals surface area contributed by atoms with E-state index in [1.807, 2.05) is 31.2 Å². The summed E-state index contributed by atoms with van der Waals surface area (Å²) in [6.07, 6.45) is 1.85. The predicted molar refractivity (Wildman–Crippen MR) is 119 cm³/mol. The van der Waals surface area contributed by atoms with Gasteiger partial charge in [-0.15, -0.1) is 0 Å². The summed E-state index contributed by atoms with van der Waals surface area (Å²) in [4.78, 5) is 9.53.